The molecule has 0 bridgehead atoms. The molecule has 0 spiro atoms. The molecular weight excluding hydrogens is 298 g/mol. The van der Waals surface area contributed by atoms with Crippen molar-refractivity contribution in [3.05, 3.63) is 48.5 Å². The van der Waals surface area contributed by atoms with E-state index in [0.717, 1.165) is 5.56 Å². The van der Waals surface area contributed by atoms with Gasteiger partial charge in [0.2, 0.25) is 0 Å². The van der Waals surface area contributed by atoms with Crippen molar-refractivity contribution in [2.75, 3.05) is 5.23 Å². The third-order valence-electron chi connectivity index (χ3n) is 3.54. The van der Waals surface area contributed by atoms with Crippen molar-refractivity contribution in [1.82, 2.24) is 9.55 Å². The van der Waals surface area contributed by atoms with E-state index in [4.69, 9.17) is 5.11 Å². The minimum absolute atomic E-state index is 0.0240. The molecule has 3 aromatic rings. The largest absolute Gasteiger partial charge is 0.481 e. The monoisotopic (exact) mass is 313 g/mol. The molecule has 118 valence electrons. The lowest BCUT2D eigenvalue weighted by Gasteiger charge is -2.10. The van der Waals surface area contributed by atoms with Gasteiger partial charge in [0.1, 0.15) is 5.82 Å². The normalized spacial score (nSPS) is 10.9. The van der Waals surface area contributed by atoms with E-state index >= 15 is 0 Å². The summed E-state index contributed by atoms with van der Waals surface area (Å²) in [4.78, 5) is 15.5. The third kappa shape index (κ3) is 3.01. The van der Waals surface area contributed by atoms with Crippen molar-refractivity contribution in [3.8, 4) is 11.4 Å². The molecule has 1 heterocycles. The molecule has 0 aliphatic heterocycles. The lowest BCUT2D eigenvalue weighted by Crippen LogP contribution is -2.11. The molecule has 7 nitrogen and oxygen atoms in total. The lowest BCUT2D eigenvalue weighted by molar-refractivity contribution is -0.137. The molecule has 0 saturated carbocycles. The van der Waals surface area contributed by atoms with Gasteiger partial charge in [-0.3, -0.25) is 15.2 Å². The van der Waals surface area contributed by atoms with E-state index in [1.165, 1.54) is 6.07 Å². The van der Waals surface area contributed by atoms with Crippen LogP contribution in [0.3, 0.4) is 0 Å². The third-order valence-corrected chi connectivity index (χ3v) is 3.54. The average Bonchev–Trinajstić information content (AvgIpc) is 2.91. The second-order valence-corrected chi connectivity index (χ2v) is 5.06. The maximum absolute atomic E-state index is 10.9. The Labute approximate surface area is 131 Å². The number of carbonyl (C=O) groups is 1. The fourth-order valence-electron chi connectivity index (χ4n) is 2.48. The summed E-state index contributed by atoms with van der Waals surface area (Å²) >= 11 is 0. The minimum atomic E-state index is -0.909. The van der Waals surface area contributed by atoms with E-state index in [9.17, 15) is 15.2 Å². The molecule has 23 heavy (non-hydrogen) atoms. The van der Waals surface area contributed by atoms with Crippen LogP contribution >= 0.6 is 0 Å². The highest BCUT2D eigenvalue weighted by molar-refractivity contribution is 5.84. The van der Waals surface area contributed by atoms with Crippen molar-refractivity contribution in [2.45, 2.75) is 13.0 Å². The average molecular weight is 313 g/mol. The van der Waals surface area contributed by atoms with Crippen LogP contribution in [0.1, 0.15) is 6.42 Å². The summed E-state index contributed by atoms with van der Waals surface area (Å²) in [5.74, 6) is -0.269. The first kappa shape index (κ1) is 15.0. The first-order valence-electron chi connectivity index (χ1n) is 7.01. The van der Waals surface area contributed by atoms with Gasteiger partial charge in [-0.15, -0.1) is 5.23 Å². The molecule has 0 fully saturated rings. The first-order valence-corrected chi connectivity index (χ1v) is 7.01. The molecule has 0 aliphatic rings. The Kier molecular flexibility index (Phi) is 3.96. The lowest BCUT2D eigenvalue weighted by atomic mass is 10.2. The van der Waals surface area contributed by atoms with Gasteiger partial charge in [0.25, 0.3) is 0 Å². The minimum Gasteiger partial charge on any atom is -0.481 e. The van der Waals surface area contributed by atoms with Gasteiger partial charge in [-0.2, -0.15) is 0 Å². The number of rotatable bonds is 5. The van der Waals surface area contributed by atoms with Crippen molar-refractivity contribution in [1.29, 1.82) is 0 Å². The second kappa shape index (κ2) is 6.07. The van der Waals surface area contributed by atoms with Crippen LogP contribution in [0.4, 0.5) is 5.69 Å². The Morgan fingerprint density at radius 2 is 1.87 bits per heavy atom. The highest BCUT2D eigenvalue weighted by atomic mass is 16.8. The van der Waals surface area contributed by atoms with Gasteiger partial charge in [0, 0.05) is 12.1 Å². The molecule has 0 amide bonds. The summed E-state index contributed by atoms with van der Waals surface area (Å²) in [5.41, 5.74) is 2.32. The number of nitrogens with zero attached hydrogens (tertiary/aromatic N) is 3. The van der Waals surface area contributed by atoms with Gasteiger partial charge in [-0.1, -0.05) is 30.3 Å². The van der Waals surface area contributed by atoms with Crippen LogP contribution in [0.5, 0.6) is 0 Å². The number of imidazole rings is 1. The number of anilines is 1. The predicted molar refractivity (Wildman–Crippen MR) is 83.5 cm³/mol. The molecule has 7 heteroatoms. The highest BCUT2D eigenvalue weighted by Crippen LogP contribution is 2.27. The van der Waals surface area contributed by atoms with E-state index < -0.39 is 5.97 Å². The summed E-state index contributed by atoms with van der Waals surface area (Å²) in [6.07, 6.45) is -0.0581. The molecule has 3 N–H and O–H groups in total. The number of benzene rings is 2. The van der Waals surface area contributed by atoms with Gasteiger partial charge in [0.15, 0.2) is 0 Å². The Morgan fingerprint density at radius 1 is 1.13 bits per heavy atom. The SMILES string of the molecule is O=C(O)CCn1c(-c2ccccc2)nc2ccc(N(O)O)cc21. The van der Waals surface area contributed by atoms with Crippen LogP contribution in [0.25, 0.3) is 22.4 Å². The first-order chi connectivity index (χ1) is 11.1. The zero-order chi connectivity index (χ0) is 16.4. The maximum Gasteiger partial charge on any atom is 0.305 e. The van der Waals surface area contributed by atoms with Crippen LogP contribution < -0.4 is 5.23 Å². The predicted octanol–water partition coefficient (Wildman–Crippen LogP) is 2.76. The summed E-state index contributed by atoms with van der Waals surface area (Å²) in [5, 5.41) is 27.4. The van der Waals surface area contributed by atoms with Gasteiger partial charge < -0.3 is 9.67 Å². The van der Waals surface area contributed by atoms with Crippen molar-refractivity contribution >= 4 is 22.7 Å². The molecule has 0 unspecified atom stereocenters. The number of aliphatic carboxylic acids is 1. The van der Waals surface area contributed by atoms with Crippen molar-refractivity contribution in [3.63, 3.8) is 0 Å². The Balaban J connectivity index is 2.18. The maximum atomic E-state index is 10.9. The smallest absolute Gasteiger partial charge is 0.305 e. The number of hydrogen-bond acceptors (Lipinski definition) is 5. The van der Waals surface area contributed by atoms with Crippen molar-refractivity contribution < 1.29 is 20.3 Å². The van der Waals surface area contributed by atoms with Gasteiger partial charge in [-0.25, -0.2) is 4.98 Å². The van der Waals surface area contributed by atoms with Gasteiger partial charge in [-0.05, 0) is 18.2 Å². The fourth-order valence-corrected chi connectivity index (χ4v) is 2.48. The number of carboxylic acid groups (broad SMARTS) is 1. The molecule has 3 rings (SSSR count). The molecule has 2 aromatic carbocycles. The van der Waals surface area contributed by atoms with Gasteiger partial charge in [0.05, 0.1) is 23.1 Å². The molecule has 0 atom stereocenters. The van der Waals surface area contributed by atoms with E-state index in [1.54, 1.807) is 16.7 Å². The van der Waals surface area contributed by atoms with Crippen LogP contribution in [-0.2, 0) is 11.3 Å². The number of aryl methyl sites for hydroxylation is 1. The molecule has 0 aliphatic carbocycles. The summed E-state index contributed by atoms with van der Waals surface area (Å²) in [6, 6.07) is 14.2. The summed E-state index contributed by atoms with van der Waals surface area (Å²) in [7, 11) is 0. The summed E-state index contributed by atoms with van der Waals surface area (Å²) < 4.78 is 1.77. The number of fused-ring (bicyclic) bond motifs is 1. The van der Waals surface area contributed by atoms with Crippen LogP contribution in [0.2, 0.25) is 0 Å². The molecule has 0 radical (unpaired) electrons. The Bertz CT molecular complexity index is 843. The quantitative estimate of drug-likeness (QED) is 0.626. The van der Waals surface area contributed by atoms with E-state index in [-0.39, 0.29) is 23.9 Å². The van der Waals surface area contributed by atoms with E-state index in [0.29, 0.717) is 16.9 Å². The highest BCUT2D eigenvalue weighted by Gasteiger charge is 2.15. The number of hydrogen-bond donors (Lipinski definition) is 3. The van der Waals surface area contributed by atoms with Gasteiger partial charge >= 0.3 is 5.97 Å². The van der Waals surface area contributed by atoms with Crippen LogP contribution in [-0.4, -0.2) is 31.0 Å². The van der Waals surface area contributed by atoms with E-state index in [1.807, 2.05) is 30.3 Å². The molecule has 0 saturated heterocycles. The number of carboxylic acids is 1. The second-order valence-electron chi connectivity index (χ2n) is 5.06. The standard InChI is InChI=1S/C16H15N3O4/c20-15(21)8-9-18-14-10-12(19(22)23)6-7-13(14)17-16(18)11-4-2-1-3-5-11/h1-7,10,22-23H,8-9H2,(H,20,21). The van der Waals surface area contributed by atoms with Crippen LogP contribution in [0.15, 0.2) is 48.5 Å². The topological polar surface area (TPSA) is 98.8 Å². The van der Waals surface area contributed by atoms with Crippen LogP contribution in [0, 0.1) is 0 Å². The summed E-state index contributed by atoms with van der Waals surface area (Å²) in [6.45, 7) is 0.233. The Morgan fingerprint density at radius 3 is 2.52 bits per heavy atom. The number of aromatic nitrogens is 2. The molecular formula is C16H15N3O4. The van der Waals surface area contributed by atoms with Crippen molar-refractivity contribution in [2.24, 2.45) is 0 Å². The fraction of sp³-hybridized carbons (Fsp3) is 0.125. The Hall–Kier alpha value is -2.90. The zero-order valence-corrected chi connectivity index (χ0v) is 12.1. The zero-order valence-electron chi connectivity index (χ0n) is 12.1. The molecule has 1 aromatic heterocycles. The van der Waals surface area contributed by atoms with E-state index in [2.05, 4.69) is 4.98 Å².